The van der Waals surface area contributed by atoms with Gasteiger partial charge in [0, 0.05) is 60.5 Å². The number of carbonyl (C=O) groups excluding carboxylic acids is 1. The number of nitrogens with one attached hydrogen (secondary N) is 3. The number of carboxylic acid groups (broad SMARTS) is 1. The first-order valence-electron chi connectivity index (χ1n) is 18.1. The molecule has 4 aromatic rings. The van der Waals surface area contributed by atoms with Crippen molar-refractivity contribution in [2.75, 3.05) is 20.8 Å². The van der Waals surface area contributed by atoms with Crippen LogP contribution in [0.4, 0.5) is 13.2 Å². The lowest BCUT2D eigenvalue weighted by atomic mass is 9.84. The van der Waals surface area contributed by atoms with E-state index in [0.717, 1.165) is 45.9 Å². The molecule has 1 amide bonds. The number of benzene rings is 2. The van der Waals surface area contributed by atoms with Crippen LogP contribution in [0.5, 0.6) is 17.5 Å². The van der Waals surface area contributed by atoms with Gasteiger partial charge in [0.15, 0.2) is 0 Å². The number of pyridine rings is 2. The Kier molecular flexibility index (Phi) is 10.9. The van der Waals surface area contributed by atoms with Crippen LogP contribution in [0.1, 0.15) is 72.4 Å². The number of amides is 1. The maximum absolute atomic E-state index is 14.5. The van der Waals surface area contributed by atoms with Crippen LogP contribution in [-0.4, -0.2) is 59.3 Å². The minimum absolute atomic E-state index is 0.0704. The normalized spacial score (nSPS) is 18.7. The lowest BCUT2D eigenvalue weighted by Crippen LogP contribution is -2.38. The Morgan fingerprint density at radius 1 is 1.02 bits per heavy atom. The first-order chi connectivity index (χ1) is 26.4. The van der Waals surface area contributed by atoms with Gasteiger partial charge < -0.3 is 30.0 Å². The third-order valence-electron chi connectivity index (χ3n) is 10.5. The van der Waals surface area contributed by atoms with Gasteiger partial charge in [-0.3, -0.25) is 19.9 Å². The number of methoxy groups -OCH3 is 2. The van der Waals surface area contributed by atoms with E-state index in [-0.39, 0.29) is 29.9 Å². The average molecular weight is 780 g/mol. The maximum Gasteiger partial charge on any atom is 0.421 e. The Bertz CT molecular complexity index is 2110. The summed E-state index contributed by atoms with van der Waals surface area (Å²) in [6.07, 6.45) is -0.0293. The third kappa shape index (κ3) is 8.07. The summed E-state index contributed by atoms with van der Waals surface area (Å²) in [5.74, 6) is -1.03. The fourth-order valence-electron chi connectivity index (χ4n) is 7.39. The molecule has 2 aromatic heterocycles. The number of carboxylic acids is 1. The predicted octanol–water partition coefficient (Wildman–Crippen LogP) is 7.03. The SMILES string of the molecule is COc1cc(-c2nccc(-c3cccc4c3CCC[C@@H]4Oc3nc(OC)c(CNC4(C(=O)O)CC4)cc3C(F)(F)F)c2Cl)ccc1CNC[C@H]1CCC(=O)N1. The molecule has 3 heterocycles. The predicted molar refractivity (Wildman–Crippen MR) is 198 cm³/mol. The van der Waals surface area contributed by atoms with Crippen LogP contribution < -0.4 is 30.2 Å². The largest absolute Gasteiger partial charge is 0.496 e. The third-order valence-corrected chi connectivity index (χ3v) is 10.9. The van der Waals surface area contributed by atoms with Gasteiger partial charge in [-0.05, 0) is 73.4 Å². The molecule has 2 aliphatic carbocycles. The molecule has 3 aliphatic rings. The molecule has 1 aliphatic heterocycles. The van der Waals surface area contributed by atoms with E-state index >= 15 is 0 Å². The number of hydrogen-bond donors (Lipinski definition) is 4. The van der Waals surface area contributed by atoms with E-state index in [0.29, 0.717) is 68.1 Å². The van der Waals surface area contributed by atoms with Gasteiger partial charge in [-0.15, -0.1) is 0 Å². The Morgan fingerprint density at radius 3 is 2.53 bits per heavy atom. The van der Waals surface area contributed by atoms with Gasteiger partial charge in [-0.25, -0.2) is 0 Å². The molecule has 7 rings (SSSR count). The lowest BCUT2D eigenvalue weighted by Gasteiger charge is -2.29. The van der Waals surface area contributed by atoms with E-state index in [2.05, 4.69) is 25.9 Å². The summed E-state index contributed by atoms with van der Waals surface area (Å²) < 4.78 is 60.8. The van der Waals surface area contributed by atoms with Crippen molar-refractivity contribution in [1.82, 2.24) is 25.9 Å². The standard InChI is InChI=1S/C40H41ClF3N5O6/c1-53-32-18-22(9-10-23(32)19-45-21-25-11-12-33(50)48-25)35-34(41)29(13-16-46-35)27-5-3-7-28-26(27)6-4-8-31(28)55-37-30(40(42,43)44)17-24(36(49-37)54-2)20-47-39(14-15-39)38(51)52/h3,5,7,9-10,13,16-18,25,31,45,47H,4,6,8,11-12,14-15,19-21H2,1-2H3,(H,48,50)(H,51,52)/t25-,31+/m1/s1. The second-order valence-corrected chi connectivity index (χ2v) is 14.5. The van der Waals surface area contributed by atoms with Gasteiger partial charge in [0.2, 0.25) is 17.7 Å². The van der Waals surface area contributed by atoms with Crippen molar-refractivity contribution in [2.45, 2.75) is 81.9 Å². The molecule has 1 saturated heterocycles. The molecular weight excluding hydrogens is 739 g/mol. The average Bonchev–Trinajstić information content (AvgIpc) is 3.86. The van der Waals surface area contributed by atoms with E-state index in [1.54, 1.807) is 13.3 Å². The zero-order valence-corrected chi connectivity index (χ0v) is 31.1. The second-order valence-electron chi connectivity index (χ2n) is 14.1. The van der Waals surface area contributed by atoms with E-state index < -0.39 is 35.2 Å². The number of carbonyl (C=O) groups is 2. The van der Waals surface area contributed by atoms with Crippen LogP contribution in [0.25, 0.3) is 22.4 Å². The zero-order valence-electron chi connectivity index (χ0n) is 30.3. The van der Waals surface area contributed by atoms with E-state index in [4.69, 9.17) is 25.8 Å². The molecule has 2 atom stereocenters. The fourth-order valence-corrected chi connectivity index (χ4v) is 7.71. The molecule has 290 valence electrons. The highest BCUT2D eigenvalue weighted by Crippen LogP contribution is 2.45. The number of ether oxygens (including phenoxy) is 3. The molecule has 1 saturated carbocycles. The Morgan fingerprint density at radius 2 is 1.84 bits per heavy atom. The lowest BCUT2D eigenvalue weighted by molar-refractivity contribution is -0.141. The number of aliphatic carboxylic acids is 1. The molecule has 4 N–H and O–H groups in total. The summed E-state index contributed by atoms with van der Waals surface area (Å²) in [6.45, 7) is 1.01. The summed E-state index contributed by atoms with van der Waals surface area (Å²) in [5.41, 5.74) is 3.23. The van der Waals surface area contributed by atoms with Gasteiger partial charge in [0.05, 0.1) is 24.9 Å². The number of hydrogen-bond acceptors (Lipinski definition) is 9. The van der Waals surface area contributed by atoms with E-state index in [9.17, 15) is 27.9 Å². The summed E-state index contributed by atoms with van der Waals surface area (Å²) >= 11 is 7.12. The van der Waals surface area contributed by atoms with E-state index in [1.165, 1.54) is 7.11 Å². The monoisotopic (exact) mass is 779 g/mol. The number of alkyl halides is 3. The van der Waals surface area contributed by atoms with Crippen molar-refractivity contribution < 1.29 is 42.1 Å². The first kappa shape index (κ1) is 38.4. The van der Waals surface area contributed by atoms with Crippen LogP contribution in [0.3, 0.4) is 0 Å². The van der Waals surface area contributed by atoms with Gasteiger partial charge in [-0.2, -0.15) is 18.2 Å². The minimum Gasteiger partial charge on any atom is -0.496 e. The van der Waals surface area contributed by atoms with Crippen LogP contribution in [0.15, 0.2) is 54.7 Å². The molecule has 15 heteroatoms. The summed E-state index contributed by atoms with van der Waals surface area (Å²) in [5, 5.41) is 19.1. The van der Waals surface area contributed by atoms with E-state index in [1.807, 2.05) is 42.5 Å². The topological polar surface area (TPSA) is 144 Å². The van der Waals surface area contributed by atoms with Crippen molar-refractivity contribution in [3.05, 3.63) is 87.6 Å². The van der Waals surface area contributed by atoms with Crippen molar-refractivity contribution >= 4 is 23.5 Å². The van der Waals surface area contributed by atoms with Crippen LogP contribution in [0, 0.1) is 0 Å². The van der Waals surface area contributed by atoms with Crippen LogP contribution >= 0.6 is 11.6 Å². The number of nitrogens with zero attached hydrogens (tertiary/aromatic N) is 2. The molecular formula is C40H41ClF3N5O6. The molecule has 2 fully saturated rings. The molecule has 2 aromatic carbocycles. The highest BCUT2D eigenvalue weighted by atomic mass is 35.5. The van der Waals surface area contributed by atoms with Gasteiger partial charge in [-0.1, -0.05) is 41.9 Å². The van der Waals surface area contributed by atoms with Crippen molar-refractivity contribution in [3.8, 4) is 39.9 Å². The molecule has 11 nitrogen and oxygen atoms in total. The summed E-state index contributed by atoms with van der Waals surface area (Å²) in [4.78, 5) is 32.0. The number of aromatic nitrogens is 2. The maximum atomic E-state index is 14.5. The molecule has 0 bridgehead atoms. The smallest absolute Gasteiger partial charge is 0.421 e. The number of fused-ring (bicyclic) bond motifs is 1. The van der Waals surface area contributed by atoms with Crippen LogP contribution in [-0.2, 0) is 35.3 Å². The van der Waals surface area contributed by atoms with Crippen LogP contribution in [0.2, 0.25) is 5.02 Å². The number of halogens is 4. The van der Waals surface area contributed by atoms with Gasteiger partial charge >= 0.3 is 12.1 Å². The Labute approximate surface area is 321 Å². The fraction of sp³-hybridized carbons (Fsp3) is 0.400. The molecule has 0 unspecified atom stereocenters. The first-order valence-corrected chi connectivity index (χ1v) is 18.5. The van der Waals surface area contributed by atoms with Crippen molar-refractivity contribution in [1.29, 1.82) is 0 Å². The zero-order chi connectivity index (χ0) is 38.9. The summed E-state index contributed by atoms with van der Waals surface area (Å²) in [7, 11) is 2.89. The Balaban J connectivity index is 1.15. The summed E-state index contributed by atoms with van der Waals surface area (Å²) in [6, 6.07) is 14.2. The Hall–Kier alpha value is -4.92. The quantitative estimate of drug-likeness (QED) is 0.105. The van der Waals surface area contributed by atoms with Gasteiger partial charge in [0.25, 0.3) is 0 Å². The molecule has 0 radical (unpaired) electrons. The van der Waals surface area contributed by atoms with Crippen molar-refractivity contribution in [2.24, 2.45) is 0 Å². The highest BCUT2D eigenvalue weighted by molar-refractivity contribution is 6.35. The molecule has 0 spiro atoms. The highest BCUT2D eigenvalue weighted by Gasteiger charge is 2.50. The van der Waals surface area contributed by atoms with Gasteiger partial charge in [0.1, 0.15) is 23.0 Å². The molecule has 55 heavy (non-hydrogen) atoms. The number of rotatable bonds is 14. The second kappa shape index (κ2) is 15.7. The van der Waals surface area contributed by atoms with Crippen molar-refractivity contribution in [3.63, 3.8) is 0 Å². The minimum atomic E-state index is -4.81.